The van der Waals surface area contributed by atoms with Gasteiger partial charge in [0.1, 0.15) is 5.52 Å². The van der Waals surface area contributed by atoms with E-state index >= 15 is 0 Å². The van der Waals surface area contributed by atoms with E-state index in [-0.39, 0.29) is 11.0 Å². The van der Waals surface area contributed by atoms with E-state index in [2.05, 4.69) is 57.5 Å². The Balaban J connectivity index is 1.49. The van der Waals surface area contributed by atoms with Crippen molar-refractivity contribution < 1.29 is 9.21 Å². The van der Waals surface area contributed by atoms with Crippen LogP contribution < -0.4 is 10.6 Å². The van der Waals surface area contributed by atoms with Crippen molar-refractivity contribution in [3.05, 3.63) is 82.3 Å². The zero-order chi connectivity index (χ0) is 22.0. The van der Waals surface area contributed by atoms with Crippen molar-refractivity contribution in [2.24, 2.45) is 0 Å². The number of carbonyl (C=O) groups excluding carboxylic acids is 1. The summed E-state index contributed by atoms with van der Waals surface area (Å²) in [5, 5.41) is 5.94. The average Bonchev–Trinajstić information content (AvgIpc) is 3.17. The Morgan fingerprint density at radius 2 is 1.84 bits per heavy atom. The number of hydrogen-bond acceptors (Lipinski definition) is 4. The van der Waals surface area contributed by atoms with Gasteiger partial charge >= 0.3 is 0 Å². The highest BCUT2D eigenvalue weighted by molar-refractivity contribution is 9.10. The first kappa shape index (κ1) is 21.2. The molecule has 1 amide bonds. The summed E-state index contributed by atoms with van der Waals surface area (Å²) in [4.78, 5) is 17.0. The van der Waals surface area contributed by atoms with Gasteiger partial charge in [0.2, 0.25) is 5.89 Å². The van der Waals surface area contributed by atoms with E-state index in [9.17, 15) is 4.79 Å². The third kappa shape index (κ3) is 5.00. The Labute approximate surface area is 194 Å². The lowest BCUT2D eigenvalue weighted by Crippen LogP contribution is -2.34. The van der Waals surface area contributed by atoms with Crippen LogP contribution in [0.1, 0.15) is 35.7 Å². The van der Waals surface area contributed by atoms with Gasteiger partial charge in [0.25, 0.3) is 5.91 Å². The van der Waals surface area contributed by atoms with Gasteiger partial charge in [-0.1, -0.05) is 41.9 Å². The molecule has 0 atom stereocenters. The lowest BCUT2D eigenvalue weighted by Gasteiger charge is -2.10. The zero-order valence-corrected chi connectivity index (χ0v) is 19.4. The smallest absolute Gasteiger partial charge is 0.257 e. The first-order valence-electron chi connectivity index (χ1n) is 9.78. The number of thiocarbonyl (C=S) groups is 1. The third-order valence-corrected chi connectivity index (χ3v) is 5.51. The Morgan fingerprint density at radius 3 is 2.58 bits per heavy atom. The molecule has 4 rings (SSSR count). The van der Waals surface area contributed by atoms with Crippen molar-refractivity contribution >= 4 is 56.0 Å². The number of nitrogens with one attached hydrogen (secondary N) is 2. The van der Waals surface area contributed by atoms with Gasteiger partial charge in [0, 0.05) is 21.3 Å². The molecular weight excluding hydrogens is 474 g/mol. The summed E-state index contributed by atoms with van der Waals surface area (Å²) in [6.07, 6.45) is 0. The highest BCUT2D eigenvalue weighted by Crippen LogP contribution is 2.28. The van der Waals surface area contributed by atoms with Crippen LogP contribution in [0, 0.1) is 0 Å². The fraction of sp³-hybridized carbons (Fsp3) is 0.125. The van der Waals surface area contributed by atoms with E-state index in [1.54, 1.807) is 24.3 Å². The van der Waals surface area contributed by atoms with E-state index < -0.39 is 0 Å². The van der Waals surface area contributed by atoms with Gasteiger partial charge in [-0.3, -0.25) is 10.1 Å². The second-order valence-electron chi connectivity index (χ2n) is 7.40. The Bertz CT molecular complexity index is 1270. The quantitative estimate of drug-likeness (QED) is 0.317. The largest absolute Gasteiger partial charge is 0.436 e. The molecule has 2 N–H and O–H groups in total. The SMILES string of the molecule is CC(C)c1ccc2oc(-c3cccc(NC(=S)NC(=O)c4ccc(Br)cc4)c3)nc2c1. The minimum absolute atomic E-state index is 0.212. The maximum Gasteiger partial charge on any atom is 0.257 e. The molecule has 4 aromatic rings. The van der Waals surface area contributed by atoms with Crippen molar-refractivity contribution in [2.75, 3.05) is 5.32 Å². The summed E-state index contributed by atoms with van der Waals surface area (Å²) < 4.78 is 6.84. The van der Waals surface area contributed by atoms with Crippen LogP contribution in [-0.2, 0) is 0 Å². The minimum atomic E-state index is -0.277. The first-order valence-corrected chi connectivity index (χ1v) is 11.0. The molecule has 0 bridgehead atoms. The van der Waals surface area contributed by atoms with Gasteiger partial charge < -0.3 is 9.73 Å². The average molecular weight is 494 g/mol. The lowest BCUT2D eigenvalue weighted by atomic mass is 10.0. The summed E-state index contributed by atoms with van der Waals surface area (Å²) >= 11 is 8.65. The molecule has 5 nitrogen and oxygen atoms in total. The van der Waals surface area contributed by atoms with E-state index in [0.29, 0.717) is 17.4 Å². The summed E-state index contributed by atoms with van der Waals surface area (Å²) in [7, 11) is 0. The molecule has 156 valence electrons. The molecule has 3 aromatic carbocycles. The first-order chi connectivity index (χ1) is 14.9. The highest BCUT2D eigenvalue weighted by Gasteiger charge is 2.12. The number of oxazole rings is 1. The summed E-state index contributed by atoms with van der Waals surface area (Å²) in [6, 6.07) is 20.7. The maximum absolute atomic E-state index is 12.3. The van der Waals surface area contributed by atoms with Crippen LogP contribution in [0.4, 0.5) is 5.69 Å². The molecule has 0 saturated carbocycles. The number of anilines is 1. The van der Waals surface area contributed by atoms with Crippen LogP contribution in [0.5, 0.6) is 0 Å². The fourth-order valence-corrected chi connectivity index (χ4v) is 3.57. The van der Waals surface area contributed by atoms with Gasteiger partial charge in [-0.05, 0) is 78.3 Å². The number of carbonyl (C=O) groups is 1. The van der Waals surface area contributed by atoms with E-state index in [1.807, 2.05) is 30.3 Å². The Kier molecular flexibility index (Phi) is 6.15. The molecule has 7 heteroatoms. The van der Waals surface area contributed by atoms with Gasteiger partial charge in [0.05, 0.1) is 0 Å². The van der Waals surface area contributed by atoms with Gasteiger partial charge in [0.15, 0.2) is 10.7 Å². The van der Waals surface area contributed by atoms with Crippen LogP contribution >= 0.6 is 28.1 Å². The van der Waals surface area contributed by atoms with Crippen LogP contribution in [0.15, 0.2) is 75.6 Å². The summed E-state index contributed by atoms with van der Waals surface area (Å²) in [5.41, 5.74) is 4.85. The number of rotatable bonds is 4. The number of fused-ring (bicyclic) bond motifs is 1. The second-order valence-corrected chi connectivity index (χ2v) is 8.72. The van der Waals surface area contributed by atoms with Crippen molar-refractivity contribution in [3.8, 4) is 11.5 Å². The van der Waals surface area contributed by atoms with E-state index in [4.69, 9.17) is 16.6 Å². The van der Waals surface area contributed by atoms with Crippen molar-refractivity contribution in [1.82, 2.24) is 10.3 Å². The topological polar surface area (TPSA) is 67.2 Å². The van der Waals surface area contributed by atoms with Crippen LogP contribution in [-0.4, -0.2) is 16.0 Å². The Hall–Kier alpha value is -3.03. The number of hydrogen-bond donors (Lipinski definition) is 2. The molecule has 0 radical (unpaired) electrons. The maximum atomic E-state index is 12.3. The van der Waals surface area contributed by atoms with E-state index in [0.717, 1.165) is 26.8 Å². The number of nitrogens with zero attached hydrogens (tertiary/aromatic N) is 1. The molecular formula is C24H20BrN3O2S. The normalized spacial score (nSPS) is 11.0. The van der Waals surface area contributed by atoms with Gasteiger partial charge in [-0.25, -0.2) is 4.98 Å². The number of amides is 1. The lowest BCUT2D eigenvalue weighted by molar-refractivity contribution is 0.0977. The highest BCUT2D eigenvalue weighted by atomic mass is 79.9. The minimum Gasteiger partial charge on any atom is -0.436 e. The predicted molar refractivity (Wildman–Crippen MR) is 131 cm³/mol. The third-order valence-electron chi connectivity index (χ3n) is 4.78. The molecule has 0 saturated heterocycles. The van der Waals surface area contributed by atoms with Crippen molar-refractivity contribution in [3.63, 3.8) is 0 Å². The van der Waals surface area contributed by atoms with Crippen LogP contribution in [0.3, 0.4) is 0 Å². The summed E-state index contributed by atoms with van der Waals surface area (Å²) in [5.74, 6) is 0.677. The van der Waals surface area contributed by atoms with E-state index in [1.165, 1.54) is 5.56 Å². The number of halogens is 1. The zero-order valence-electron chi connectivity index (χ0n) is 17.0. The van der Waals surface area contributed by atoms with Gasteiger partial charge in [-0.2, -0.15) is 0 Å². The molecule has 0 aliphatic rings. The molecule has 1 heterocycles. The standard InChI is InChI=1S/C24H20BrN3O2S/c1-14(2)16-8-11-21-20(13-16)27-23(30-21)17-4-3-5-19(12-17)26-24(31)28-22(29)15-6-9-18(25)10-7-15/h3-14H,1-2H3,(H2,26,28,29,31). The molecule has 0 aliphatic heterocycles. The number of benzene rings is 3. The summed E-state index contributed by atoms with van der Waals surface area (Å²) in [6.45, 7) is 4.30. The van der Waals surface area contributed by atoms with Crippen molar-refractivity contribution in [2.45, 2.75) is 19.8 Å². The molecule has 0 spiro atoms. The van der Waals surface area contributed by atoms with Crippen molar-refractivity contribution in [1.29, 1.82) is 0 Å². The van der Waals surface area contributed by atoms with Crippen LogP contribution in [0.25, 0.3) is 22.6 Å². The molecule has 1 aromatic heterocycles. The number of aromatic nitrogens is 1. The fourth-order valence-electron chi connectivity index (χ4n) is 3.10. The van der Waals surface area contributed by atoms with Gasteiger partial charge in [-0.15, -0.1) is 0 Å². The molecule has 0 unspecified atom stereocenters. The second kappa shape index (κ2) is 8.99. The monoisotopic (exact) mass is 493 g/mol. The predicted octanol–water partition coefficient (Wildman–Crippen LogP) is 6.51. The molecule has 31 heavy (non-hydrogen) atoms. The molecule has 0 aliphatic carbocycles. The molecule has 0 fully saturated rings. The van der Waals surface area contributed by atoms with Crippen LogP contribution in [0.2, 0.25) is 0 Å². The Morgan fingerprint density at radius 1 is 1.06 bits per heavy atom.